The highest BCUT2D eigenvalue weighted by Gasteiger charge is 2.20. The third kappa shape index (κ3) is 5.49. The molecule has 0 fully saturated rings. The zero-order chi connectivity index (χ0) is 22.4. The minimum atomic E-state index is -1.01. The van der Waals surface area contributed by atoms with Crippen LogP contribution in [-0.4, -0.2) is 31.7 Å². The van der Waals surface area contributed by atoms with Crippen molar-refractivity contribution in [1.82, 2.24) is 16.2 Å². The van der Waals surface area contributed by atoms with E-state index in [1.807, 2.05) is 0 Å². The van der Waals surface area contributed by atoms with Gasteiger partial charge in [-0.15, -0.1) is 0 Å². The first-order chi connectivity index (χ1) is 14.1. The van der Waals surface area contributed by atoms with Crippen molar-refractivity contribution < 1.29 is 24.4 Å². The summed E-state index contributed by atoms with van der Waals surface area (Å²) in [6, 6.07) is 7.11. The molecule has 0 aliphatic carbocycles. The Hall–Kier alpha value is -4.53. The van der Waals surface area contributed by atoms with E-state index in [9.17, 15) is 39.9 Å². The number of nitro benzene ring substituents is 3. The molecule has 0 spiro atoms. The Balaban J connectivity index is 2.04. The van der Waals surface area contributed by atoms with Gasteiger partial charge < -0.3 is 0 Å². The van der Waals surface area contributed by atoms with Gasteiger partial charge >= 0.3 is 0 Å². The summed E-state index contributed by atoms with van der Waals surface area (Å²) in [6.07, 6.45) is 0. The van der Waals surface area contributed by atoms with Gasteiger partial charge in [-0.25, -0.2) is 0 Å². The first kappa shape index (κ1) is 21.8. The molecular weight excluding hydrogens is 424 g/mol. The number of thiocarbonyl (C=S) groups is 1. The SMILES string of the molecule is O=C(NNC(=S)NC(=O)c1cc([N+](=O)[O-])cc([N+](=O)[O-])c1)c1cccc([N+](=O)[O-])c1. The summed E-state index contributed by atoms with van der Waals surface area (Å²) >= 11 is 4.80. The molecule has 0 aliphatic rings. The van der Waals surface area contributed by atoms with Crippen LogP contribution in [0.1, 0.15) is 20.7 Å². The van der Waals surface area contributed by atoms with Crippen molar-refractivity contribution in [2.45, 2.75) is 0 Å². The maximum absolute atomic E-state index is 12.2. The van der Waals surface area contributed by atoms with Crippen LogP contribution in [0, 0.1) is 30.3 Å². The number of carbonyl (C=O) groups is 2. The van der Waals surface area contributed by atoms with Crippen molar-refractivity contribution in [2.24, 2.45) is 0 Å². The van der Waals surface area contributed by atoms with Gasteiger partial charge in [0.15, 0.2) is 5.11 Å². The van der Waals surface area contributed by atoms with E-state index < -0.39 is 48.6 Å². The number of hydrazine groups is 1. The number of rotatable bonds is 5. The number of benzene rings is 2. The summed E-state index contributed by atoms with van der Waals surface area (Å²) in [5.74, 6) is -1.81. The summed E-state index contributed by atoms with van der Waals surface area (Å²) in [5.41, 5.74) is 2.12. The van der Waals surface area contributed by atoms with E-state index in [-0.39, 0.29) is 11.3 Å². The monoisotopic (exact) mass is 434 g/mol. The number of amides is 2. The van der Waals surface area contributed by atoms with Crippen LogP contribution >= 0.6 is 12.2 Å². The van der Waals surface area contributed by atoms with Crippen LogP contribution in [-0.2, 0) is 0 Å². The third-order valence-corrected chi connectivity index (χ3v) is 3.63. The number of carbonyl (C=O) groups excluding carboxylic acids is 2. The van der Waals surface area contributed by atoms with Gasteiger partial charge in [0.05, 0.1) is 26.4 Å². The van der Waals surface area contributed by atoms with E-state index in [2.05, 4.69) is 16.2 Å². The van der Waals surface area contributed by atoms with Crippen molar-refractivity contribution in [3.05, 3.63) is 83.9 Å². The van der Waals surface area contributed by atoms with Gasteiger partial charge in [0.1, 0.15) is 0 Å². The minimum Gasteiger partial charge on any atom is -0.298 e. The van der Waals surface area contributed by atoms with Crippen LogP contribution in [0.4, 0.5) is 17.1 Å². The van der Waals surface area contributed by atoms with Crippen LogP contribution < -0.4 is 16.2 Å². The number of hydrogen-bond acceptors (Lipinski definition) is 9. The molecule has 0 saturated heterocycles. The summed E-state index contributed by atoms with van der Waals surface area (Å²) in [4.78, 5) is 54.2. The average molecular weight is 434 g/mol. The quantitative estimate of drug-likeness (QED) is 0.350. The standard InChI is InChI=1S/C15H10N6O8S/c22-13(9-5-11(20(26)27)7-12(6-9)21(28)29)16-15(30)18-17-14(23)8-2-1-3-10(4-8)19(24)25/h1-7H,(H,17,23)(H2,16,18,22,30). The van der Waals surface area contributed by atoms with E-state index in [1.54, 1.807) is 0 Å². The van der Waals surface area contributed by atoms with Gasteiger partial charge in [-0.1, -0.05) is 6.07 Å². The first-order valence-corrected chi connectivity index (χ1v) is 8.09. The highest BCUT2D eigenvalue weighted by molar-refractivity contribution is 7.80. The van der Waals surface area contributed by atoms with Crippen molar-refractivity contribution in [3.63, 3.8) is 0 Å². The third-order valence-electron chi connectivity index (χ3n) is 3.42. The smallest absolute Gasteiger partial charge is 0.277 e. The van der Waals surface area contributed by atoms with E-state index in [0.717, 1.165) is 18.2 Å². The van der Waals surface area contributed by atoms with E-state index in [0.29, 0.717) is 6.07 Å². The fraction of sp³-hybridized carbons (Fsp3) is 0. The molecule has 2 aromatic rings. The molecule has 0 radical (unpaired) electrons. The molecule has 30 heavy (non-hydrogen) atoms. The summed E-state index contributed by atoms with van der Waals surface area (Å²) < 4.78 is 0. The number of hydrogen-bond donors (Lipinski definition) is 3. The summed E-state index contributed by atoms with van der Waals surface area (Å²) in [7, 11) is 0. The predicted octanol–water partition coefficient (Wildman–Crippen LogP) is 1.36. The molecule has 14 nitrogen and oxygen atoms in total. The van der Waals surface area contributed by atoms with Crippen molar-refractivity contribution in [2.75, 3.05) is 0 Å². The van der Waals surface area contributed by atoms with Crippen LogP contribution in [0.25, 0.3) is 0 Å². The van der Waals surface area contributed by atoms with Crippen LogP contribution in [0.15, 0.2) is 42.5 Å². The lowest BCUT2D eigenvalue weighted by Crippen LogP contribution is -2.48. The van der Waals surface area contributed by atoms with Gasteiger partial charge in [0.2, 0.25) is 0 Å². The Morgan fingerprint density at radius 2 is 1.27 bits per heavy atom. The molecule has 0 unspecified atom stereocenters. The molecule has 0 aliphatic heterocycles. The second-order valence-corrected chi connectivity index (χ2v) is 5.83. The lowest BCUT2D eigenvalue weighted by Gasteiger charge is -2.10. The van der Waals surface area contributed by atoms with Crippen LogP contribution in [0.2, 0.25) is 0 Å². The first-order valence-electron chi connectivity index (χ1n) is 7.68. The number of nitrogens with zero attached hydrogens (tertiary/aromatic N) is 3. The lowest BCUT2D eigenvalue weighted by atomic mass is 10.1. The van der Waals surface area contributed by atoms with Gasteiger partial charge in [0, 0.05) is 29.8 Å². The highest BCUT2D eigenvalue weighted by atomic mass is 32.1. The van der Waals surface area contributed by atoms with Crippen LogP contribution in [0.5, 0.6) is 0 Å². The number of nitro groups is 3. The molecule has 2 rings (SSSR count). The minimum absolute atomic E-state index is 0.0693. The normalized spacial score (nSPS) is 9.87. The summed E-state index contributed by atoms with van der Waals surface area (Å²) in [5, 5.41) is 34.1. The van der Waals surface area contributed by atoms with Crippen molar-refractivity contribution in [1.29, 1.82) is 0 Å². The topological polar surface area (TPSA) is 200 Å². The molecule has 3 N–H and O–H groups in total. The molecule has 154 valence electrons. The Bertz CT molecular complexity index is 1060. The molecule has 0 saturated carbocycles. The van der Waals surface area contributed by atoms with Gasteiger partial charge in [-0.05, 0) is 18.3 Å². The fourth-order valence-corrected chi connectivity index (χ4v) is 2.23. The lowest BCUT2D eigenvalue weighted by molar-refractivity contribution is -0.394. The summed E-state index contributed by atoms with van der Waals surface area (Å²) in [6.45, 7) is 0. The van der Waals surface area contributed by atoms with Crippen molar-refractivity contribution in [3.8, 4) is 0 Å². The predicted molar refractivity (Wildman–Crippen MR) is 104 cm³/mol. The zero-order valence-corrected chi connectivity index (χ0v) is 15.4. The Labute approximate surface area is 171 Å². The molecule has 0 bridgehead atoms. The maximum atomic E-state index is 12.2. The number of non-ortho nitro benzene ring substituents is 3. The highest BCUT2D eigenvalue weighted by Crippen LogP contribution is 2.22. The number of nitrogens with one attached hydrogen (secondary N) is 3. The van der Waals surface area contributed by atoms with Crippen molar-refractivity contribution >= 4 is 46.2 Å². The molecular formula is C15H10N6O8S. The second kappa shape index (κ2) is 9.11. The van der Waals surface area contributed by atoms with Gasteiger partial charge in [-0.2, -0.15) is 0 Å². The van der Waals surface area contributed by atoms with E-state index in [4.69, 9.17) is 12.2 Å². The van der Waals surface area contributed by atoms with Crippen LogP contribution in [0.3, 0.4) is 0 Å². The molecule has 0 atom stereocenters. The second-order valence-electron chi connectivity index (χ2n) is 5.42. The van der Waals surface area contributed by atoms with E-state index in [1.165, 1.54) is 18.2 Å². The molecule has 2 amide bonds. The Morgan fingerprint density at radius 1 is 0.733 bits per heavy atom. The molecule has 0 heterocycles. The Morgan fingerprint density at radius 3 is 1.80 bits per heavy atom. The molecule has 15 heteroatoms. The maximum Gasteiger partial charge on any atom is 0.277 e. The zero-order valence-electron chi connectivity index (χ0n) is 14.6. The largest absolute Gasteiger partial charge is 0.298 e. The average Bonchev–Trinajstić information content (AvgIpc) is 2.71. The van der Waals surface area contributed by atoms with E-state index >= 15 is 0 Å². The molecule has 2 aromatic carbocycles. The van der Waals surface area contributed by atoms with Gasteiger partial charge in [-0.3, -0.25) is 56.1 Å². The fourth-order valence-electron chi connectivity index (χ4n) is 2.09. The van der Waals surface area contributed by atoms with Gasteiger partial charge in [0.25, 0.3) is 28.9 Å². The Kier molecular flexibility index (Phi) is 6.61. The molecule has 0 aromatic heterocycles.